The van der Waals surface area contributed by atoms with Gasteiger partial charge in [-0.15, -0.1) is 0 Å². The van der Waals surface area contributed by atoms with E-state index in [1.165, 1.54) is 63.4 Å². The molecule has 0 amide bonds. The largest absolute Gasteiger partial charge is 0.0622 e. The molecule has 19 heavy (non-hydrogen) atoms. The van der Waals surface area contributed by atoms with Crippen LogP contribution in [0.4, 0.5) is 0 Å². The lowest BCUT2D eigenvalue weighted by atomic mass is 9.70. The van der Waals surface area contributed by atoms with Crippen molar-refractivity contribution in [2.24, 2.45) is 11.3 Å². The lowest BCUT2D eigenvalue weighted by Gasteiger charge is -2.36. The molecule has 0 aromatic heterocycles. The van der Waals surface area contributed by atoms with Crippen LogP contribution in [0.3, 0.4) is 0 Å². The predicted octanol–water partition coefficient (Wildman–Crippen LogP) is 6.01. The summed E-state index contributed by atoms with van der Waals surface area (Å²) in [4.78, 5) is 0. The van der Waals surface area contributed by atoms with Gasteiger partial charge in [0.15, 0.2) is 0 Å². The Hall–Kier alpha value is -0.780. The summed E-state index contributed by atoms with van der Waals surface area (Å²) in [5.41, 5.74) is 2.03. The number of rotatable bonds is 2. The summed E-state index contributed by atoms with van der Waals surface area (Å²) in [6.07, 6.45) is 12.8. The first-order valence-electron chi connectivity index (χ1n) is 8.22. The molecule has 0 aliphatic heterocycles. The Bertz CT molecular complexity index is 350. The number of hydrogen-bond donors (Lipinski definition) is 0. The van der Waals surface area contributed by atoms with Crippen LogP contribution < -0.4 is 0 Å². The normalized spacial score (nSPS) is 24.8. The van der Waals surface area contributed by atoms with Gasteiger partial charge in [-0.25, -0.2) is 0 Å². The maximum atomic E-state index is 2.50. The molecule has 0 radical (unpaired) electrons. The molecule has 0 nitrogen and oxygen atoms in total. The van der Waals surface area contributed by atoms with E-state index in [1.807, 2.05) is 0 Å². The molecule has 2 rings (SSSR count). The molecule has 0 heteroatoms. The fourth-order valence-corrected chi connectivity index (χ4v) is 3.55. The minimum atomic E-state index is 0.507. The lowest BCUT2D eigenvalue weighted by Crippen LogP contribution is -2.26. The van der Waals surface area contributed by atoms with Crippen molar-refractivity contribution >= 4 is 0 Å². The van der Waals surface area contributed by atoms with Crippen molar-refractivity contribution in [2.45, 2.75) is 71.6 Å². The van der Waals surface area contributed by atoms with E-state index in [-0.39, 0.29) is 0 Å². The molecule has 0 N–H and O–H groups in total. The Morgan fingerprint density at radius 3 is 2.26 bits per heavy atom. The smallest absolute Gasteiger partial charge is 0.0245 e. The van der Waals surface area contributed by atoms with Gasteiger partial charge >= 0.3 is 0 Å². The van der Waals surface area contributed by atoms with E-state index in [1.54, 1.807) is 0 Å². The average Bonchev–Trinajstić information content (AvgIpc) is 2.41. The third-order valence-corrected chi connectivity index (χ3v) is 5.05. The molecular formula is C19H30. The van der Waals surface area contributed by atoms with Crippen LogP contribution in [-0.2, 0) is 6.42 Å². The highest BCUT2D eigenvalue weighted by Crippen LogP contribution is 2.39. The molecule has 1 unspecified atom stereocenters. The van der Waals surface area contributed by atoms with Crippen molar-refractivity contribution < 1.29 is 0 Å². The summed E-state index contributed by atoms with van der Waals surface area (Å²) in [5, 5.41) is 0. The zero-order chi connectivity index (χ0) is 13.6. The fraction of sp³-hybridized carbons (Fsp3) is 0.684. The van der Waals surface area contributed by atoms with Gasteiger partial charge in [0.1, 0.15) is 0 Å². The Morgan fingerprint density at radius 1 is 0.895 bits per heavy atom. The predicted molar refractivity (Wildman–Crippen MR) is 84.4 cm³/mol. The minimum absolute atomic E-state index is 0.507. The third kappa shape index (κ3) is 4.67. The van der Waals surface area contributed by atoms with E-state index in [0.29, 0.717) is 5.41 Å². The van der Waals surface area contributed by atoms with Gasteiger partial charge in [-0.05, 0) is 36.2 Å². The van der Waals surface area contributed by atoms with Crippen LogP contribution in [0, 0.1) is 11.3 Å². The molecule has 106 valence electrons. The van der Waals surface area contributed by atoms with Crippen molar-refractivity contribution in [3.05, 3.63) is 35.9 Å². The molecule has 1 aromatic rings. The van der Waals surface area contributed by atoms with Gasteiger partial charge in [-0.2, -0.15) is 0 Å². The molecule has 1 aliphatic rings. The third-order valence-electron chi connectivity index (χ3n) is 5.05. The van der Waals surface area contributed by atoms with Crippen LogP contribution >= 0.6 is 0 Å². The first kappa shape index (κ1) is 14.6. The Labute approximate surface area is 119 Å². The summed E-state index contributed by atoms with van der Waals surface area (Å²) < 4.78 is 0. The summed E-state index contributed by atoms with van der Waals surface area (Å²) >= 11 is 0. The maximum absolute atomic E-state index is 2.50. The Balaban J connectivity index is 2.03. The van der Waals surface area contributed by atoms with Crippen LogP contribution in [-0.4, -0.2) is 0 Å². The van der Waals surface area contributed by atoms with Gasteiger partial charge < -0.3 is 0 Å². The van der Waals surface area contributed by atoms with E-state index in [9.17, 15) is 0 Å². The van der Waals surface area contributed by atoms with Crippen molar-refractivity contribution in [3.8, 4) is 0 Å². The first-order valence-corrected chi connectivity index (χ1v) is 8.22. The van der Waals surface area contributed by atoms with Gasteiger partial charge in [0.25, 0.3) is 0 Å². The second kappa shape index (κ2) is 7.12. The highest BCUT2D eigenvalue weighted by molar-refractivity contribution is 5.15. The first-order chi connectivity index (χ1) is 9.18. The van der Waals surface area contributed by atoms with Gasteiger partial charge in [-0.1, -0.05) is 82.7 Å². The topological polar surface area (TPSA) is 0 Å². The van der Waals surface area contributed by atoms with E-state index in [4.69, 9.17) is 0 Å². The summed E-state index contributed by atoms with van der Waals surface area (Å²) in [6.45, 7) is 5.00. The van der Waals surface area contributed by atoms with E-state index >= 15 is 0 Å². The highest BCUT2D eigenvalue weighted by Gasteiger charge is 2.29. The van der Waals surface area contributed by atoms with E-state index in [0.717, 1.165) is 5.92 Å². The second-order valence-corrected chi connectivity index (χ2v) is 7.04. The van der Waals surface area contributed by atoms with Crippen LogP contribution in [0.15, 0.2) is 30.3 Å². The molecular weight excluding hydrogens is 228 g/mol. The number of hydrogen-bond acceptors (Lipinski definition) is 0. The van der Waals surface area contributed by atoms with E-state index < -0.39 is 0 Å². The molecule has 0 heterocycles. The monoisotopic (exact) mass is 258 g/mol. The highest BCUT2D eigenvalue weighted by atomic mass is 14.3. The molecule has 1 aliphatic carbocycles. The zero-order valence-electron chi connectivity index (χ0n) is 12.8. The molecule has 1 fully saturated rings. The molecule has 0 saturated heterocycles. The van der Waals surface area contributed by atoms with Gasteiger partial charge in [0.05, 0.1) is 0 Å². The van der Waals surface area contributed by atoms with Crippen LogP contribution in [0.25, 0.3) is 0 Å². The van der Waals surface area contributed by atoms with Gasteiger partial charge in [0.2, 0.25) is 0 Å². The Morgan fingerprint density at radius 2 is 1.53 bits per heavy atom. The van der Waals surface area contributed by atoms with Gasteiger partial charge in [-0.3, -0.25) is 0 Å². The summed E-state index contributed by atoms with van der Waals surface area (Å²) in [5.74, 6) is 0.855. The SMILES string of the molecule is CC1(C)CCCCCCCCC1Cc1ccccc1. The number of benzene rings is 1. The van der Waals surface area contributed by atoms with Crippen LogP contribution in [0.1, 0.15) is 70.8 Å². The summed E-state index contributed by atoms with van der Waals surface area (Å²) in [7, 11) is 0. The second-order valence-electron chi connectivity index (χ2n) is 7.04. The molecule has 0 bridgehead atoms. The maximum Gasteiger partial charge on any atom is -0.0245 e. The molecule has 1 saturated carbocycles. The standard InChI is InChI=1S/C19H30/c1-19(2)15-11-6-4-3-5-10-14-18(19)16-17-12-8-7-9-13-17/h7-9,12-13,18H,3-6,10-11,14-16H2,1-2H3. The van der Waals surface area contributed by atoms with E-state index in [2.05, 4.69) is 44.2 Å². The van der Waals surface area contributed by atoms with Gasteiger partial charge in [0, 0.05) is 0 Å². The van der Waals surface area contributed by atoms with Crippen molar-refractivity contribution in [3.63, 3.8) is 0 Å². The fourth-order valence-electron chi connectivity index (χ4n) is 3.55. The lowest BCUT2D eigenvalue weighted by molar-refractivity contribution is 0.167. The zero-order valence-corrected chi connectivity index (χ0v) is 12.8. The Kier molecular flexibility index (Phi) is 5.48. The van der Waals surface area contributed by atoms with Crippen molar-refractivity contribution in [2.75, 3.05) is 0 Å². The molecule has 1 atom stereocenters. The molecule has 0 spiro atoms. The average molecular weight is 258 g/mol. The minimum Gasteiger partial charge on any atom is -0.0622 e. The molecule has 1 aromatic carbocycles. The van der Waals surface area contributed by atoms with Crippen molar-refractivity contribution in [1.82, 2.24) is 0 Å². The van der Waals surface area contributed by atoms with Crippen LogP contribution in [0.5, 0.6) is 0 Å². The van der Waals surface area contributed by atoms with Crippen molar-refractivity contribution in [1.29, 1.82) is 0 Å². The summed E-state index contributed by atoms with van der Waals surface area (Å²) in [6, 6.07) is 11.1. The quantitative estimate of drug-likeness (QED) is 0.609. The van der Waals surface area contributed by atoms with Crippen LogP contribution in [0.2, 0.25) is 0 Å².